The summed E-state index contributed by atoms with van der Waals surface area (Å²) in [6.07, 6.45) is 2.58. The van der Waals surface area contributed by atoms with E-state index in [0.717, 1.165) is 17.7 Å². The number of amides is 1. The van der Waals surface area contributed by atoms with Crippen molar-refractivity contribution >= 4 is 11.9 Å². The number of carboxylic acid groups (broad SMARTS) is 1. The van der Waals surface area contributed by atoms with Crippen molar-refractivity contribution in [3.8, 4) is 0 Å². The molecule has 2 rings (SSSR count). The Kier molecular flexibility index (Phi) is 3.93. The number of aliphatic carboxylic acids is 1. The number of hydrogen-bond acceptors (Lipinski definition) is 3. The molecule has 0 spiro atoms. The van der Waals surface area contributed by atoms with E-state index in [1.54, 1.807) is 0 Å². The summed E-state index contributed by atoms with van der Waals surface area (Å²) < 4.78 is 5.48. The van der Waals surface area contributed by atoms with Crippen molar-refractivity contribution in [1.29, 1.82) is 0 Å². The number of furan rings is 1. The lowest BCUT2D eigenvalue weighted by Crippen LogP contribution is -2.33. The van der Waals surface area contributed by atoms with Crippen LogP contribution in [-0.2, 0) is 11.2 Å². The van der Waals surface area contributed by atoms with Gasteiger partial charge in [0.1, 0.15) is 5.76 Å². The lowest BCUT2D eigenvalue weighted by molar-refractivity contribution is -0.141. The fourth-order valence-electron chi connectivity index (χ4n) is 2.54. The van der Waals surface area contributed by atoms with Crippen LogP contribution in [0.4, 0.5) is 0 Å². The first-order chi connectivity index (χ1) is 9.01. The normalized spacial score (nSPS) is 22.4. The highest BCUT2D eigenvalue weighted by molar-refractivity contribution is 5.93. The Bertz CT molecular complexity index is 492. The van der Waals surface area contributed by atoms with E-state index in [4.69, 9.17) is 9.52 Å². The molecular weight excluding hydrogens is 246 g/mol. The van der Waals surface area contributed by atoms with Crippen LogP contribution in [-0.4, -0.2) is 23.0 Å². The van der Waals surface area contributed by atoms with E-state index in [-0.39, 0.29) is 17.9 Å². The van der Waals surface area contributed by atoms with Crippen molar-refractivity contribution in [3.63, 3.8) is 0 Å². The predicted molar refractivity (Wildman–Crippen MR) is 69.1 cm³/mol. The van der Waals surface area contributed by atoms with Crippen molar-refractivity contribution in [2.24, 2.45) is 5.92 Å². The van der Waals surface area contributed by atoms with Crippen LogP contribution in [0, 0.1) is 12.8 Å². The molecule has 1 saturated carbocycles. The maximum absolute atomic E-state index is 12.1. The zero-order valence-corrected chi connectivity index (χ0v) is 11.2. The van der Waals surface area contributed by atoms with Gasteiger partial charge in [-0.15, -0.1) is 0 Å². The SMILES string of the molecule is CCc1cc(C)c(C(=O)NC2CCC(C(=O)O)C2)o1. The fourth-order valence-corrected chi connectivity index (χ4v) is 2.54. The van der Waals surface area contributed by atoms with Gasteiger partial charge in [-0.1, -0.05) is 6.92 Å². The molecule has 1 aliphatic rings. The molecule has 1 aromatic heterocycles. The Labute approximate surface area is 112 Å². The van der Waals surface area contributed by atoms with Crippen LogP contribution in [0.3, 0.4) is 0 Å². The average Bonchev–Trinajstić information content (AvgIpc) is 2.95. The van der Waals surface area contributed by atoms with Gasteiger partial charge in [0.15, 0.2) is 5.76 Å². The minimum Gasteiger partial charge on any atom is -0.481 e. The molecule has 1 aliphatic carbocycles. The zero-order chi connectivity index (χ0) is 14.0. The second-order valence-electron chi connectivity index (χ2n) is 5.10. The van der Waals surface area contributed by atoms with Crippen LogP contribution in [0.2, 0.25) is 0 Å². The van der Waals surface area contributed by atoms with Crippen LogP contribution in [0.1, 0.15) is 48.1 Å². The Balaban J connectivity index is 1.98. The van der Waals surface area contributed by atoms with Gasteiger partial charge in [-0.05, 0) is 32.3 Å². The average molecular weight is 265 g/mol. The molecule has 1 amide bonds. The molecule has 1 aromatic rings. The van der Waals surface area contributed by atoms with Gasteiger partial charge in [0.2, 0.25) is 0 Å². The number of carbonyl (C=O) groups excluding carboxylic acids is 1. The van der Waals surface area contributed by atoms with Gasteiger partial charge in [0, 0.05) is 18.0 Å². The van der Waals surface area contributed by atoms with Crippen molar-refractivity contribution in [2.45, 2.75) is 45.6 Å². The van der Waals surface area contributed by atoms with Gasteiger partial charge in [-0.2, -0.15) is 0 Å². The number of nitrogens with one attached hydrogen (secondary N) is 1. The van der Waals surface area contributed by atoms with E-state index in [9.17, 15) is 9.59 Å². The van der Waals surface area contributed by atoms with E-state index in [1.165, 1.54) is 0 Å². The molecule has 0 radical (unpaired) electrons. The largest absolute Gasteiger partial charge is 0.481 e. The maximum atomic E-state index is 12.1. The van der Waals surface area contributed by atoms with E-state index < -0.39 is 5.97 Å². The Morgan fingerprint density at radius 1 is 1.47 bits per heavy atom. The quantitative estimate of drug-likeness (QED) is 0.874. The summed E-state index contributed by atoms with van der Waals surface area (Å²) in [5.74, 6) is -0.227. The molecule has 19 heavy (non-hydrogen) atoms. The minimum absolute atomic E-state index is 0.0665. The first-order valence-electron chi connectivity index (χ1n) is 6.64. The second-order valence-corrected chi connectivity index (χ2v) is 5.10. The fraction of sp³-hybridized carbons (Fsp3) is 0.571. The molecule has 2 N–H and O–H groups in total. The van der Waals surface area contributed by atoms with E-state index in [0.29, 0.717) is 25.0 Å². The summed E-state index contributed by atoms with van der Waals surface area (Å²) in [5, 5.41) is 11.8. The third-order valence-electron chi connectivity index (χ3n) is 3.64. The molecule has 0 saturated heterocycles. The molecule has 0 aromatic carbocycles. The number of carbonyl (C=O) groups is 2. The van der Waals surface area contributed by atoms with Crippen molar-refractivity contribution in [1.82, 2.24) is 5.32 Å². The summed E-state index contributed by atoms with van der Waals surface area (Å²) in [7, 11) is 0. The maximum Gasteiger partial charge on any atom is 0.306 e. The van der Waals surface area contributed by atoms with E-state index in [2.05, 4.69) is 5.32 Å². The molecule has 1 heterocycles. The highest BCUT2D eigenvalue weighted by atomic mass is 16.4. The first kappa shape index (κ1) is 13.6. The van der Waals surface area contributed by atoms with Gasteiger partial charge in [-0.3, -0.25) is 9.59 Å². The molecule has 5 nitrogen and oxygen atoms in total. The topological polar surface area (TPSA) is 79.5 Å². The lowest BCUT2D eigenvalue weighted by Gasteiger charge is -2.11. The number of carboxylic acids is 1. The standard InChI is InChI=1S/C14H19NO4/c1-3-11-6-8(2)12(19-11)13(16)15-10-5-4-9(7-10)14(17)18/h6,9-10H,3-5,7H2,1-2H3,(H,15,16)(H,17,18). The zero-order valence-electron chi connectivity index (χ0n) is 11.2. The first-order valence-corrected chi connectivity index (χ1v) is 6.64. The summed E-state index contributed by atoms with van der Waals surface area (Å²) in [4.78, 5) is 22.9. The molecule has 0 bridgehead atoms. The Morgan fingerprint density at radius 2 is 2.21 bits per heavy atom. The van der Waals surface area contributed by atoms with E-state index in [1.807, 2.05) is 19.9 Å². The second kappa shape index (κ2) is 5.47. The molecule has 1 fully saturated rings. The highest BCUT2D eigenvalue weighted by Gasteiger charge is 2.31. The van der Waals surface area contributed by atoms with Crippen molar-refractivity contribution in [2.75, 3.05) is 0 Å². The van der Waals surface area contributed by atoms with Gasteiger partial charge in [0.05, 0.1) is 5.92 Å². The molecule has 2 unspecified atom stereocenters. The molecule has 5 heteroatoms. The third-order valence-corrected chi connectivity index (χ3v) is 3.64. The summed E-state index contributed by atoms with van der Waals surface area (Å²) in [5.41, 5.74) is 0.821. The van der Waals surface area contributed by atoms with Crippen LogP contribution in [0.25, 0.3) is 0 Å². The van der Waals surface area contributed by atoms with Gasteiger partial charge in [-0.25, -0.2) is 0 Å². The molecule has 104 valence electrons. The van der Waals surface area contributed by atoms with Crippen LogP contribution >= 0.6 is 0 Å². The predicted octanol–water partition coefficient (Wildman–Crippen LogP) is 2.13. The number of aryl methyl sites for hydroxylation is 2. The van der Waals surface area contributed by atoms with Crippen LogP contribution < -0.4 is 5.32 Å². The van der Waals surface area contributed by atoms with Crippen molar-refractivity contribution in [3.05, 3.63) is 23.2 Å². The number of hydrogen-bond donors (Lipinski definition) is 2. The Hall–Kier alpha value is -1.78. The highest BCUT2D eigenvalue weighted by Crippen LogP contribution is 2.26. The third kappa shape index (κ3) is 2.97. The number of rotatable bonds is 4. The van der Waals surface area contributed by atoms with Crippen LogP contribution in [0.5, 0.6) is 0 Å². The van der Waals surface area contributed by atoms with Crippen LogP contribution in [0.15, 0.2) is 10.5 Å². The van der Waals surface area contributed by atoms with Gasteiger partial charge in [0.25, 0.3) is 5.91 Å². The van der Waals surface area contributed by atoms with E-state index >= 15 is 0 Å². The summed E-state index contributed by atoms with van der Waals surface area (Å²) >= 11 is 0. The molecular formula is C14H19NO4. The Morgan fingerprint density at radius 3 is 2.74 bits per heavy atom. The summed E-state index contributed by atoms with van der Waals surface area (Å²) in [6, 6.07) is 1.80. The smallest absolute Gasteiger partial charge is 0.306 e. The summed E-state index contributed by atoms with van der Waals surface area (Å²) in [6.45, 7) is 3.81. The van der Waals surface area contributed by atoms with Gasteiger partial charge >= 0.3 is 5.97 Å². The van der Waals surface area contributed by atoms with Crippen molar-refractivity contribution < 1.29 is 19.1 Å². The molecule has 0 aliphatic heterocycles. The minimum atomic E-state index is -0.779. The van der Waals surface area contributed by atoms with Gasteiger partial charge < -0.3 is 14.8 Å². The molecule has 2 atom stereocenters. The lowest BCUT2D eigenvalue weighted by atomic mass is 10.1. The monoisotopic (exact) mass is 265 g/mol.